The second-order valence-corrected chi connectivity index (χ2v) is 0. The molecule has 0 aliphatic heterocycles. The van der Waals surface area contributed by atoms with Crippen molar-refractivity contribution in [2.45, 2.75) is 7.43 Å². The summed E-state index contributed by atoms with van der Waals surface area (Å²) in [6.07, 6.45) is 0. The van der Waals surface area contributed by atoms with Gasteiger partial charge >= 0.3 is 0 Å². The van der Waals surface area contributed by atoms with Gasteiger partial charge in [-0.05, 0) is 0 Å². The molecule has 0 amide bonds. The third-order valence-corrected chi connectivity index (χ3v) is 0. The van der Waals surface area contributed by atoms with E-state index in [4.69, 9.17) is 0 Å². The summed E-state index contributed by atoms with van der Waals surface area (Å²) in [6, 6.07) is 0. The van der Waals surface area contributed by atoms with E-state index in [1.54, 1.807) is 0 Å². The Bertz CT molecular complexity index is 3.61. The predicted molar refractivity (Wildman–Crippen MR) is 48.0 cm³/mol. The van der Waals surface area contributed by atoms with Crippen LogP contribution in [-0.4, -0.2) is 0 Å². The minimum absolute atomic E-state index is 0. The molecule has 0 nitrogen and oxygen atoms in total. The molecule has 0 rings (SSSR count). The Morgan fingerprint density at radius 2 is 0.400 bits per heavy atom. The Kier molecular flexibility index (Phi) is 511. The van der Waals surface area contributed by atoms with Crippen LogP contribution in [0.3, 0.4) is 0 Å². The van der Waals surface area contributed by atoms with Crippen LogP contribution in [0.4, 0.5) is 0 Å². The van der Waals surface area contributed by atoms with Crippen LogP contribution in [0.5, 0.6) is 0 Å². The van der Waals surface area contributed by atoms with Crippen LogP contribution in [0.1, 0.15) is 7.43 Å². The minimum atomic E-state index is 0. The molecule has 5 heavy (non-hydrogen) atoms. The lowest BCUT2D eigenvalue weighted by Gasteiger charge is -0.115. The van der Waals surface area contributed by atoms with Crippen molar-refractivity contribution in [2.75, 3.05) is 0 Å². The Morgan fingerprint density at radius 1 is 0.400 bits per heavy atom. The second kappa shape index (κ2) is 38.9. The zero-order chi connectivity index (χ0) is 0. The number of rotatable bonds is 0. The highest BCUT2D eigenvalue weighted by molar-refractivity contribution is 8.93. The van der Waals surface area contributed by atoms with E-state index in [0.717, 1.165) is 0 Å². The molecule has 0 unspecified atom stereocenters. The second-order valence-electron chi connectivity index (χ2n) is 0. The summed E-state index contributed by atoms with van der Waals surface area (Å²) in [7, 11) is 0. The van der Waals surface area contributed by atoms with E-state index in [9.17, 15) is 0 Å². The molecule has 0 aromatic rings. The zero-order valence-electron chi connectivity index (χ0n) is 1.63. The first-order chi connectivity index (χ1) is 0. The maximum atomic E-state index is 0. The van der Waals surface area contributed by atoms with Crippen molar-refractivity contribution in [3.63, 3.8) is 0 Å². The molecule has 0 heterocycles. The van der Waals surface area contributed by atoms with E-state index in [1.807, 2.05) is 0 Å². The highest BCUT2D eigenvalue weighted by atomic mass is 79.9. The molecule has 0 atom stereocenters. The maximum Gasteiger partial charge on any atom is -0.0776 e. The molecule has 0 aromatic carbocycles. The highest BCUT2D eigenvalue weighted by Crippen LogP contribution is 0.849. The molecule has 40 valence electrons. The van der Waals surface area contributed by atoms with Crippen LogP contribution in [0.2, 0.25) is 0 Å². The van der Waals surface area contributed by atoms with Crippen molar-refractivity contribution in [3.05, 3.63) is 0 Å². The Labute approximate surface area is 74.8 Å². The first-order valence-electron chi connectivity index (χ1n) is 0. The third-order valence-electron chi connectivity index (χ3n) is 0. The van der Waals surface area contributed by atoms with Gasteiger partial charge in [0, 0.05) is 0 Å². The minimum Gasteiger partial charge on any atom is -0.114 e. The Morgan fingerprint density at radius 3 is 0.400 bits per heavy atom. The molecule has 0 N–H and O–H groups in total. The van der Waals surface area contributed by atoms with Gasteiger partial charge in [0.1, 0.15) is 0 Å². The summed E-state index contributed by atoms with van der Waals surface area (Å²) in [6.45, 7) is 0. The van der Waals surface area contributed by atoms with Crippen molar-refractivity contribution >= 4 is 67.9 Å². The summed E-state index contributed by atoms with van der Waals surface area (Å²) in [4.78, 5) is 0. The average Bonchev–Trinajstić information content (AvgIpc) is 0. The first kappa shape index (κ1) is 65.8. The van der Waals surface area contributed by atoms with Gasteiger partial charge < -0.3 is 0 Å². The van der Waals surface area contributed by atoms with Crippen LogP contribution < -0.4 is 0 Å². The fourth-order valence-corrected chi connectivity index (χ4v) is 0. The van der Waals surface area contributed by atoms with E-state index in [2.05, 4.69) is 0 Å². The molecule has 0 aliphatic carbocycles. The molecule has 0 bridgehead atoms. The van der Waals surface area contributed by atoms with Gasteiger partial charge in [-0.1, -0.05) is 7.43 Å². The lowest BCUT2D eigenvalue weighted by molar-refractivity contribution is 2.50. The fourth-order valence-electron chi connectivity index (χ4n) is 0. The van der Waals surface area contributed by atoms with E-state index in [1.165, 1.54) is 0 Å². The van der Waals surface area contributed by atoms with Gasteiger partial charge in [0.05, 0.1) is 0 Å². The smallest absolute Gasteiger partial charge is 0.0776 e. The van der Waals surface area contributed by atoms with Gasteiger partial charge in [0.25, 0.3) is 0 Å². The van der Waals surface area contributed by atoms with Crippen LogP contribution in [0, 0.1) is 0 Å². The monoisotopic (exact) mass is 336 g/mol. The van der Waals surface area contributed by atoms with E-state index in [-0.39, 0.29) is 75.4 Å². The maximum absolute atomic E-state index is 0. The molecular formula is CH8Br4. The fraction of sp³-hybridized carbons (Fsp3) is 1.00. The summed E-state index contributed by atoms with van der Waals surface area (Å²) in [5.41, 5.74) is 0. The molecule has 4 heteroatoms. The first-order valence-corrected chi connectivity index (χ1v) is 0. The standard InChI is InChI=1S/CH4.4BrH/h1H4;4*1H. The highest BCUT2D eigenvalue weighted by Gasteiger charge is -0.0774. The van der Waals surface area contributed by atoms with Gasteiger partial charge in [-0.3, -0.25) is 0 Å². The number of hydrogen-bond acceptors (Lipinski definition) is 0. The van der Waals surface area contributed by atoms with Gasteiger partial charge in [-0.2, -0.15) is 0 Å². The van der Waals surface area contributed by atoms with E-state index in [0.29, 0.717) is 0 Å². The van der Waals surface area contributed by atoms with Crippen LogP contribution in [0.15, 0.2) is 0 Å². The summed E-state index contributed by atoms with van der Waals surface area (Å²) < 4.78 is 0. The topological polar surface area (TPSA) is 0 Å². The quantitative estimate of drug-likeness (QED) is 0.636. The molecule has 0 aromatic heterocycles. The molecule has 0 spiro atoms. The summed E-state index contributed by atoms with van der Waals surface area (Å²) >= 11 is 0. The molecule has 0 fully saturated rings. The lowest BCUT2D eigenvalue weighted by atomic mass is 12.0. The van der Waals surface area contributed by atoms with Crippen molar-refractivity contribution in [2.24, 2.45) is 0 Å². The van der Waals surface area contributed by atoms with Crippen LogP contribution in [0.25, 0.3) is 0 Å². The van der Waals surface area contributed by atoms with Crippen LogP contribution >= 0.6 is 67.9 Å². The van der Waals surface area contributed by atoms with Crippen molar-refractivity contribution < 1.29 is 0 Å². The number of halogens is 4. The summed E-state index contributed by atoms with van der Waals surface area (Å²) in [5, 5.41) is 0. The molecule has 0 saturated carbocycles. The third kappa shape index (κ3) is 24.7. The molecule has 0 saturated heterocycles. The molecular weight excluding hydrogens is 332 g/mol. The Hall–Kier alpha value is 1.92. The van der Waals surface area contributed by atoms with E-state index >= 15 is 0 Å². The normalized spacial score (nSPS) is 0. The molecule has 0 aliphatic rings. The largest absolute Gasteiger partial charge is 0.114 e. The van der Waals surface area contributed by atoms with Crippen LogP contribution in [-0.2, 0) is 0 Å². The SMILES string of the molecule is Br.Br.Br.Br.C. The molecule has 0 radical (unpaired) electrons. The zero-order valence-corrected chi connectivity index (χ0v) is 8.49. The van der Waals surface area contributed by atoms with Crippen molar-refractivity contribution in [1.82, 2.24) is 0 Å². The summed E-state index contributed by atoms with van der Waals surface area (Å²) in [5.74, 6) is 0. The van der Waals surface area contributed by atoms with Gasteiger partial charge in [-0.15, -0.1) is 67.9 Å². The Balaban J connectivity index is 0. The van der Waals surface area contributed by atoms with Crippen molar-refractivity contribution in [3.8, 4) is 0 Å². The van der Waals surface area contributed by atoms with Crippen molar-refractivity contribution in [1.29, 1.82) is 0 Å². The lowest BCUT2D eigenvalue weighted by Crippen LogP contribution is 0.144. The van der Waals surface area contributed by atoms with Gasteiger partial charge in [0.15, 0.2) is 0 Å². The number of hydrogen-bond donors (Lipinski definition) is 0. The van der Waals surface area contributed by atoms with E-state index < -0.39 is 0 Å². The predicted octanol–water partition coefficient (Wildman–Crippen LogP) is 2.95. The van der Waals surface area contributed by atoms with Gasteiger partial charge in [-0.25, -0.2) is 0 Å². The average molecular weight is 340 g/mol. The van der Waals surface area contributed by atoms with Gasteiger partial charge in [0.2, 0.25) is 0 Å².